The van der Waals surface area contributed by atoms with E-state index in [0.29, 0.717) is 52.9 Å². The fourth-order valence-corrected chi connectivity index (χ4v) is 2.75. The van der Waals surface area contributed by atoms with Gasteiger partial charge in [0.1, 0.15) is 0 Å². The molecule has 0 saturated carbocycles. The Kier molecular flexibility index (Phi) is 19.8. The van der Waals surface area contributed by atoms with Crippen LogP contribution in [-0.4, -0.2) is 94.9 Å². The van der Waals surface area contributed by atoms with E-state index in [9.17, 15) is 43.2 Å². The minimum absolute atomic E-state index is 0. The predicted octanol–water partition coefficient (Wildman–Crippen LogP) is -1.61. The molecule has 31 heavy (non-hydrogen) atoms. The second-order valence-electron chi connectivity index (χ2n) is 4.74. The molecule has 10 nitrogen and oxygen atoms in total. The van der Waals surface area contributed by atoms with Crippen LogP contribution < -0.4 is 18.9 Å². The average molecular weight is 509 g/mol. The number of halogens is 6. The molecule has 0 amide bonds. The molecule has 19 heteroatoms. The predicted molar refractivity (Wildman–Crippen MR) is 89.5 cm³/mol. The quantitative estimate of drug-likeness (QED) is 0.154. The van der Waals surface area contributed by atoms with Gasteiger partial charge >= 0.3 is 29.9 Å². The molecule has 0 aromatic carbocycles. The van der Waals surface area contributed by atoms with Gasteiger partial charge in [-0.15, -0.1) is 0 Å². The number of hydrogen-bond donors (Lipinski definition) is 0. The van der Waals surface area contributed by atoms with Crippen LogP contribution in [0.2, 0.25) is 0 Å². The van der Waals surface area contributed by atoms with Crippen LogP contribution in [0.15, 0.2) is 0 Å². The Morgan fingerprint density at radius 2 is 0.806 bits per heavy atom. The summed E-state index contributed by atoms with van der Waals surface area (Å²) in [4.78, 5) is 0. The molecule has 184 valence electrons. The van der Waals surface area contributed by atoms with E-state index in [0.717, 1.165) is 4.13 Å². The van der Waals surface area contributed by atoms with Gasteiger partial charge in [0.15, 0.2) is 20.0 Å². The average Bonchev–Trinajstić information content (AvgIpc) is 2.57. The number of sulfonamides is 2. The number of hydrogen-bond acceptors (Lipinski definition) is 9. The van der Waals surface area contributed by atoms with Crippen molar-refractivity contribution in [3.63, 3.8) is 0 Å². The first-order valence-corrected chi connectivity index (χ1v) is 10.6. The van der Waals surface area contributed by atoms with Gasteiger partial charge in [-0.2, -0.15) is 26.3 Å². The molecular weight excluding hydrogens is 487 g/mol. The van der Waals surface area contributed by atoms with Crippen molar-refractivity contribution in [1.82, 2.24) is 0 Å². The maximum Gasteiger partial charge on any atom is 1.00 e. The Morgan fingerprint density at radius 3 is 1.00 bits per heavy atom. The molecule has 0 radical (unpaired) electrons. The molecule has 0 spiro atoms. The summed E-state index contributed by atoms with van der Waals surface area (Å²) in [7, 11) is -10.1. The zero-order valence-electron chi connectivity index (χ0n) is 16.9. The third-order valence-electron chi connectivity index (χ3n) is 2.39. The summed E-state index contributed by atoms with van der Waals surface area (Å²) in [6.07, 6.45) is 0. The van der Waals surface area contributed by atoms with Crippen molar-refractivity contribution < 1.29 is 85.7 Å². The molecule has 0 aliphatic carbocycles. The number of ether oxygens (including phenoxy) is 5. The van der Waals surface area contributed by atoms with Crippen molar-refractivity contribution in [2.45, 2.75) is 11.0 Å². The molecular formula is C12H22F6LiNO9S2. The Balaban J connectivity index is -0.000000490. The van der Waals surface area contributed by atoms with Crippen molar-refractivity contribution >= 4 is 20.0 Å². The topological polar surface area (TPSA) is 129 Å². The first-order valence-electron chi connectivity index (χ1n) is 7.70. The minimum atomic E-state index is -6.72. The van der Waals surface area contributed by atoms with Crippen LogP contribution in [0.25, 0.3) is 4.13 Å². The van der Waals surface area contributed by atoms with E-state index in [4.69, 9.17) is 23.7 Å². The summed E-state index contributed by atoms with van der Waals surface area (Å²) in [6, 6.07) is 0. The van der Waals surface area contributed by atoms with Gasteiger partial charge in [0.2, 0.25) is 0 Å². The zero-order valence-corrected chi connectivity index (χ0v) is 18.5. The van der Waals surface area contributed by atoms with E-state index in [1.807, 2.05) is 0 Å². The monoisotopic (exact) mass is 509 g/mol. The zero-order chi connectivity index (χ0) is 23.9. The fourth-order valence-electron chi connectivity index (χ4n) is 1.04. The second-order valence-corrected chi connectivity index (χ2v) is 8.16. The molecule has 0 fully saturated rings. The van der Waals surface area contributed by atoms with Gasteiger partial charge < -0.3 is 27.8 Å². The second kappa shape index (κ2) is 17.3. The number of methoxy groups -OCH3 is 2. The first kappa shape index (κ1) is 35.4. The van der Waals surface area contributed by atoms with Gasteiger partial charge in [0, 0.05) is 14.2 Å². The summed E-state index contributed by atoms with van der Waals surface area (Å²) < 4.78 is 135. The van der Waals surface area contributed by atoms with Crippen LogP contribution in [-0.2, 0) is 43.7 Å². The van der Waals surface area contributed by atoms with Crippen LogP contribution >= 0.6 is 0 Å². The number of alkyl halides is 6. The van der Waals surface area contributed by atoms with E-state index in [2.05, 4.69) is 0 Å². The van der Waals surface area contributed by atoms with E-state index < -0.39 is 31.1 Å². The summed E-state index contributed by atoms with van der Waals surface area (Å²) in [5, 5.41) is 0. The molecule has 0 aliphatic heterocycles. The molecule has 0 aliphatic rings. The molecule has 0 unspecified atom stereocenters. The fraction of sp³-hybridized carbons (Fsp3) is 1.00. The van der Waals surface area contributed by atoms with Crippen LogP contribution in [0.1, 0.15) is 0 Å². The third kappa shape index (κ3) is 18.0. The molecule has 0 atom stereocenters. The van der Waals surface area contributed by atoms with Crippen LogP contribution in [0.3, 0.4) is 0 Å². The van der Waals surface area contributed by atoms with Crippen molar-refractivity contribution in [3.05, 3.63) is 4.13 Å². The summed E-state index contributed by atoms with van der Waals surface area (Å²) in [6.45, 7) is 4.87. The summed E-state index contributed by atoms with van der Waals surface area (Å²) in [5.74, 6) is 0. The van der Waals surface area contributed by atoms with Gasteiger partial charge in [-0.25, -0.2) is 16.8 Å². The van der Waals surface area contributed by atoms with E-state index in [1.54, 1.807) is 14.2 Å². The maximum atomic E-state index is 11.4. The van der Waals surface area contributed by atoms with Crippen molar-refractivity contribution in [3.8, 4) is 0 Å². The Morgan fingerprint density at radius 1 is 0.581 bits per heavy atom. The molecule has 0 heterocycles. The Bertz CT molecular complexity index is 590. The van der Waals surface area contributed by atoms with Crippen molar-refractivity contribution in [2.75, 3.05) is 67.1 Å². The molecule has 0 N–H and O–H groups in total. The number of nitrogens with zero attached hydrogens (tertiary/aromatic N) is 1. The maximum absolute atomic E-state index is 11.4. The first-order chi connectivity index (χ1) is 13.6. The Labute approximate surface area is 188 Å². The van der Waals surface area contributed by atoms with E-state index in [-0.39, 0.29) is 18.9 Å². The normalized spacial score (nSPS) is 12.6. The van der Waals surface area contributed by atoms with Crippen LogP contribution in [0.4, 0.5) is 26.3 Å². The van der Waals surface area contributed by atoms with E-state index in [1.165, 1.54) is 0 Å². The smallest absolute Gasteiger partial charge is 0.421 e. The van der Waals surface area contributed by atoms with Crippen molar-refractivity contribution in [2.24, 2.45) is 0 Å². The SMILES string of the molecule is COCCOCCOCCOCCOC.O=S(=O)([N-]S(=O)(=O)C(F)(F)F)C(F)(F)F.[Li+]. The van der Waals surface area contributed by atoms with Crippen LogP contribution in [0.5, 0.6) is 0 Å². The van der Waals surface area contributed by atoms with Crippen molar-refractivity contribution in [1.29, 1.82) is 0 Å². The Hall–Kier alpha value is -0.163. The minimum Gasteiger partial charge on any atom is -0.421 e. The van der Waals surface area contributed by atoms with E-state index >= 15 is 0 Å². The molecule has 0 aromatic rings. The largest absolute Gasteiger partial charge is 1.00 e. The number of rotatable bonds is 14. The molecule has 0 saturated heterocycles. The van der Waals surface area contributed by atoms with Gasteiger partial charge in [-0.05, 0) is 0 Å². The standard InChI is InChI=1S/C10H22O5.C2F6NO4S2.Li/c1-11-3-5-13-7-9-15-10-8-14-6-4-12-2;3-1(4,5)14(10,11)9-15(12,13)2(6,7)8;/h3-10H2,1-2H3;;/q;-1;+1. The summed E-state index contributed by atoms with van der Waals surface area (Å²) in [5.41, 5.74) is -12.4. The molecule has 0 bridgehead atoms. The van der Waals surface area contributed by atoms with Gasteiger partial charge in [-0.3, -0.25) is 0 Å². The van der Waals surface area contributed by atoms with Gasteiger partial charge in [0.25, 0.3) is 0 Å². The van der Waals surface area contributed by atoms with Gasteiger partial charge in [0.05, 0.1) is 52.9 Å². The van der Waals surface area contributed by atoms with Crippen LogP contribution in [0, 0.1) is 0 Å². The molecule has 0 aromatic heterocycles. The third-order valence-corrected chi connectivity index (χ3v) is 5.13. The van der Waals surface area contributed by atoms with Gasteiger partial charge in [-0.1, -0.05) is 0 Å². The molecule has 0 rings (SSSR count). The summed E-state index contributed by atoms with van der Waals surface area (Å²) >= 11 is 0.